The number of nitrogens with one attached hydrogen (secondary N) is 1. The summed E-state index contributed by atoms with van der Waals surface area (Å²) in [6.07, 6.45) is 24.7. The van der Waals surface area contributed by atoms with E-state index in [1.807, 2.05) is 0 Å². The Labute approximate surface area is 217 Å². The quantitative estimate of drug-likeness (QED) is 0.0900. The Morgan fingerprint density at radius 3 is 1.37 bits per heavy atom. The predicted octanol–water partition coefficient (Wildman–Crippen LogP) is 7.20. The van der Waals surface area contributed by atoms with Gasteiger partial charge in [-0.1, -0.05) is 142 Å². The topological polar surface area (TPSA) is 89.8 Å². The van der Waals surface area contributed by atoms with Crippen molar-refractivity contribution in [2.75, 3.05) is 6.61 Å². The van der Waals surface area contributed by atoms with E-state index >= 15 is 0 Å². The van der Waals surface area contributed by atoms with Crippen molar-refractivity contribution in [1.29, 1.82) is 0 Å². The van der Waals surface area contributed by atoms with E-state index in [0.29, 0.717) is 12.8 Å². The van der Waals surface area contributed by atoms with E-state index in [1.54, 1.807) is 0 Å². The lowest BCUT2D eigenvalue weighted by Crippen LogP contribution is -2.50. The number of aliphatic hydroxyl groups is 3. The van der Waals surface area contributed by atoms with Crippen molar-refractivity contribution < 1.29 is 20.1 Å². The number of hydrogen-bond acceptors (Lipinski definition) is 4. The van der Waals surface area contributed by atoms with Crippen LogP contribution in [0.15, 0.2) is 0 Å². The fourth-order valence-electron chi connectivity index (χ4n) is 4.75. The van der Waals surface area contributed by atoms with Crippen LogP contribution in [-0.2, 0) is 4.79 Å². The molecule has 0 rings (SSSR count). The smallest absolute Gasteiger partial charge is 0.220 e. The molecule has 0 fully saturated rings. The average Bonchev–Trinajstić information content (AvgIpc) is 2.86. The molecule has 0 unspecified atom stereocenters. The monoisotopic (exact) mass is 499 g/mol. The molecule has 5 nitrogen and oxygen atoms in total. The van der Waals surface area contributed by atoms with Crippen molar-refractivity contribution in [2.24, 2.45) is 0 Å². The first-order chi connectivity index (χ1) is 17.1. The first-order valence-electron chi connectivity index (χ1n) is 15.3. The van der Waals surface area contributed by atoms with Gasteiger partial charge in [0, 0.05) is 6.42 Å². The second-order valence-corrected chi connectivity index (χ2v) is 10.7. The van der Waals surface area contributed by atoms with Crippen LogP contribution in [-0.4, -0.2) is 46.1 Å². The van der Waals surface area contributed by atoms with Crippen LogP contribution in [0.25, 0.3) is 0 Å². The number of amides is 1. The molecule has 0 bridgehead atoms. The van der Waals surface area contributed by atoms with Gasteiger partial charge in [0.25, 0.3) is 0 Å². The highest BCUT2D eigenvalue weighted by atomic mass is 16.3. The van der Waals surface area contributed by atoms with Crippen LogP contribution in [0.4, 0.5) is 0 Å². The van der Waals surface area contributed by atoms with Gasteiger partial charge in [0.2, 0.25) is 5.91 Å². The first-order valence-corrected chi connectivity index (χ1v) is 15.3. The maximum atomic E-state index is 12.2. The molecular weight excluding hydrogens is 438 g/mol. The molecule has 0 saturated heterocycles. The van der Waals surface area contributed by atoms with Gasteiger partial charge in [-0.3, -0.25) is 4.79 Å². The molecule has 210 valence electrons. The summed E-state index contributed by atoms with van der Waals surface area (Å²) in [6, 6.07) is -0.798. The summed E-state index contributed by atoms with van der Waals surface area (Å²) in [6.45, 7) is 4.12. The number of hydrogen-bond donors (Lipinski definition) is 4. The lowest BCUT2D eigenvalue weighted by atomic mass is 9.99. The summed E-state index contributed by atoms with van der Waals surface area (Å²) >= 11 is 0. The van der Waals surface area contributed by atoms with Crippen molar-refractivity contribution in [1.82, 2.24) is 5.32 Å². The minimum atomic E-state index is -1.13. The van der Waals surface area contributed by atoms with Crippen molar-refractivity contribution >= 4 is 5.91 Å². The van der Waals surface area contributed by atoms with Crippen LogP contribution >= 0.6 is 0 Å². The number of unbranched alkanes of at least 4 members (excludes halogenated alkanes) is 19. The number of carbonyl (C=O) groups excluding carboxylic acids is 1. The Hall–Kier alpha value is -0.650. The van der Waals surface area contributed by atoms with Gasteiger partial charge in [-0.2, -0.15) is 0 Å². The maximum Gasteiger partial charge on any atom is 0.220 e. The molecule has 0 aliphatic heterocycles. The normalized spacial score (nSPS) is 14.1. The maximum absolute atomic E-state index is 12.2. The molecular formula is C30H61NO4. The van der Waals surface area contributed by atoms with E-state index in [0.717, 1.165) is 38.5 Å². The molecule has 35 heavy (non-hydrogen) atoms. The molecule has 3 atom stereocenters. The summed E-state index contributed by atoms with van der Waals surface area (Å²) < 4.78 is 0. The lowest BCUT2D eigenvalue weighted by Gasteiger charge is -2.26. The van der Waals surface area contributed by atoms with Gasteiger partial charge >= 0.3 is 0 Å². The summed E-state index contributed by atoms with van der Waals surface area (Å²) in [5, 5.41) is 33.1. The van der Waals surface area contributed by atoms with Crippen LogP contribution < -0.4 is 5.32 Å². The lowest BCUT2D eigenvalue weighted by molar-refractivity contribution is -0.124. The fraction of sp³-hybridized carbons (Fsp3) is 0.967. The number of rotatable bonds is 27. The Bertz CT molecular complexity index is 446. The Morgan fingerprint density at radius 2 is 0.971 bits per heavy atom. The third-order valence-electron chi connectivity index (χ3n) is 7.21. The highest BCUT2D eigenvalue weighted by Crippen LogP contribution is 2.15. The first kappa shape index (κ1) is 34.4. The highest BCUT2D eigenvalue weighted by Gasteiger charge is 2.26. The van der Waals surface area contributed by atoms with Gasteiger partial charge < -0.3 is 20.6 Å². The molecule has 0 aromatic carbocycles. The van der Waals surface area contributed by atoms with Crippen molar-refractivity contribution in [3.05, 3.63) is 0 Å². The van der Waals surface area contributed by atoms with Crippen LogP contribution in [0.5, 0.6) is 0 Å². The van der Waals surface area contributed by atoms with Crippen LogP contribution in [0.1, 0.15) is 162 Å². The molecule has 5 heteroatoms. The average molecular weight is 500 g/mol. The fourth-order valence-corrected chi connectivity index (χ4v) is 4.75. The molecule has 0 aliphatic carbocycles. The summed E-state index contributed by atoms with van der Waals surface area (Å²) in [7, 11) is 0. The molecule has 0 aliphatic rings. The minimum absolute atomic E-state index is 0.149. The Balaban J connectivity index is 3.75. The Morgan fingerprint density at radius 1 is 0.600 bits per heavy atom. The molecule has 0 saturated carbocycles. The highest BCUT2D eigenvalue weighted by molar-refractivity contribution is 5.76. The molecule has 0 aromatic rings. The van der Waals surface area contributed by atoms with E-state index < -0.39 is 18.2 Å². The molecule has 0 aromatic heterocycles. The second kappa shape index (κ2) is 26.4. The van der Waals surface area contributed by atoms with Gasteiger partial charge in [-0.15, -0.1) is 0 Å². The predicted molar refractivity (Wildman–Crippen MR) is 149 cm³/mol. The van der Waals surface area contributed by atoms with E-state index in [9.17, 15) is 20.1 Å². The SMILES string of the molecule is CCCCCCCCCCCCC[C@@H](O)[C@@H](O)[C@H](CO)NC(=O)CCCCCCCCCCCC. The second-order valence-electron chi connectivity index (χ2n) is 10.7. The molecule has 0 spiro atoms. The van der Waals surface area contributed by atoms with E-state index in [4.69, 9.17) is 0 Å². The zero-order chi connectivity index (χ0) is 26.0. The number of carbonyl (C=O) groups is 1. The zero-order valence-electron chi connectivity index (χ0n) is 23.5. The number of aliphatic hydroxyl groups excluding tert-OH is 3. The van der Waals surface area contributed by atoms with Crippen LogP contribution in [0.3, 0.4) is 0 Å². The molecule has 0 radical (unpaired) electrons. The van der Waals surface area contributed by atoms with Gasteiger partial charge in [-0.25, -0.2) is 0 Å². The molecule has 1 amide bonds. The van der Waals surface area contributed by atoms with Crippen LogP contribution in [0, 0.1) is 0 Å². The van der Waals surface area contributed by atoms with Crippen molar-refractivity contribution in [3.8, 4) is 0 Å². The Kier molecular flexibility index (Phi) is 25.9. The standard InChI is InChI=1S/C30H61NO4/c1-3-5-7-9-11-13-15-16-18-20-22-24-28(33)30(35)27(26-32)31-29(34)25-23-21-19-17-14-12-10-8-6-4-2/h27-28,30,32-33,35H,3-26H2,1-2H3,(H,31,34)/t27-,28+,30-/m0/s1. The third-order valence-corrected chi connectivity index (χ3v) is 7.21. The zero-order valence-corrected chi connectivity index (χ0v) is 23.5. The van der Waals surface area contributed by atoms with Gasteiger partial charge in [-0.05, 0) is 12.8 Å². The van der Waals surface area contributed by atoms with E-state index in [2.05, 4.69) is 19.2 Å². The molecule has 4 N–H and O–H groups in total. The van der Waals surface area contributed by atoms with Crippen molar-refractivity contribution in [2.45, 2.75) is 180 Å². The largest absolute Gasteiger partial charge is 0.394 e. The van der Waals surface area contributed by atoms with Gasteiger partial charge in [0.05, 0.1) is 18.8 Å². The third kappa shape index (κ3) is 22.3. The van der Waals surface area contributed by atoms with Crippen LogP contribution in [0.2, 0.25) is 0 Å². The van der Waals surface area contributed by atoms with Gasteiger partial charge in [0.15, 0.2) is 0 Å². The van der Waals surface area contributed by atoms with Crippen molar-refractivity contribution in [3.63, 3.8) is 0 Å². The minimum Gasteiger partial charge on any atom is -0.394 e. The van der Waals surface area contributed by atoms with E-state index in [-0.39, 0.29) is 12.5 Å². The summed E-state index contributed by atoms with van der Waals surface area (Å²) in [5.41, 5.74) is 0. The van der Waals surface area contributed by atoms with Gasteiger partial charge in [0.1, 0.15) is 6.10 Å². The summed E-state index contributed by atoms with van der Waals surface area (Å²) in [5.74, 6) is -0.149. The summed E-state index contributed by atoms with van der Waals surface area (Å²) in [4.78, 5) is 12.2. The molecule has 0 heterocycles. The van der Waals surface area contributed by atoms with E-state index in [1.165, 1.54) is 96.3 Å².